The van der Waals surface area contributed by atoms with E-state index in [1.165, 1.54) is 0 Å². The van der Waals surface area contributed by atoms with E-state index in [1.807, 2.05) is 0 Å². The molecular weight excluding hydrogens is 1270 g/mol. The molecule has 3 aliphatic rings. The number of rotatable bonds is 59. The zero-order valence-corrected chi connectivity index (χ0v) is 54.7. The summed E-state index contributed by atoms with van der Waals surface area (Å²) in [5.74, 6) is -2.43. The number of aliphatic hydroxyl groups excluding tert-OH is 10. The summed E-state index contributed by atoms with van der Waals surface area (Å²) < 4.78 is 82.1. The van der Waals surface area contributed by atoms with Crippen molar-refractivity contribution in [1.29, 1.82) is 0 Å². The van der Waals surface area contributed by atoms with E-state index in [1.54, 1.807) is 0 Å². The zero-order valence-electron chi connectivity index (χ0n) is 54.7. The fourth-order valence-corrected chi connectivity index (χ4v) is 9.53. The van der Waals surface area contributed by atoms with Gasteiger partial charge in [0.2, 0.25) is 29.5 Å². The first-order valence-electron chi connectivity index (χ1n) is 33.0. The van der Waals surface area contributed by atoms with E-state index in [9.17, 15) is 69.9 Å². The van der Waals surface area contributed by atoms with Gasteiger partial charge < -0.3 is 149 Å². The molecule has 0 bridgehead atoms. The molecule has 0 aromatic carbocycles. The highest BCUT2D eigenvalue weighted by Gasteiger charge is 2.39. The molecule has 1 unspecified atom stereocenters. The molecule has 0 aliphatic carbocycles. The molecule has 5 amide bonds. The second kappa shape index (κ2) is 55.2. The average Bonchev–Trinajstić information content (AvgIpc) is 0.943. The Morgan fingerprint density at radius 2 is 0.653 bits per heavy atom. The first-order valence-corrected chi connectivity index (χ1v) is 33.0. The van der Waals surface area contributed by atoms with Gasteiger partial charge in [-0.3, -0.25) is 24.0 Å². The number of amides is 5. The fourth-order valence-electron chi connectivity index (χ4n) is 9.53. The SMILES string of the molecule is O=C(COCCOCCOCCO[C@H]1C[C@@H](O)[C@@H](O)[C@@H](CO)O1)NCCCCC(NC(=O)[C@H](CCCCNC(=O)COCCOCCOCCO[C@H]1C[C@@H](O)[C@@H](O)[C@@H](CO)O1)NC(=O)COCCOCCOCCO[C@H]1C[C@@H](O)[C@@H](O)[C@@H](CO)O1)C(=O)NCCCCCCO. The summed E-state index contributed by atoms with van der Waals surface area (Å²) in [5, 5.41) is 110. The summed E-state index contributed by atoms with van der Waals surface area (Å²) >= 11 is 0. The van der Waals surface area contributed by atoms with Crippen LogP contribution in [0.3, 0.4) is 0 Å². The van der Waals surface area contributed by atoms with Gasteiger partial charge in [-0.1, -0.05) is 12.8 Å². The highest BCUT2D eigenvalue weighted by Crippen LogP contribution is 2.23. The van der Waals surface area contributed by atoms with Crippen molar-refractivity contribution >= 4 is 29.5 Å². The molecule has 14 atom stereocenters. The van der Waals surface area contributed by atoms with E-state index < -0.39 is 130 Å². The van der Waals surface area contributed by atoms with Gasteiger partial charge in [0, 0.05) is 45.5 Å². The molecule has 556 valence electrons. The van der Waals surface area contributed by atoms with Gasteiger partial charge in [-0.25, -0.2) is 0 Å². The first-order chi connectivity index (χ1) is 46.1. The molecule has 3 fully saturated rings. The van der Waals surface area contributed by atoms with Crippen LogP contribution in [0.5, 0.6) is 0 Å². The van der Waals surface area contributed by atoms with Crippen molar-refractivity contribution in [3.8, 4) is 0 Å². The second-order valence-corrected chi connectivity index (χ2v) is 22.5. The molecule has 3 heterocycles. The topological polar surface area (TPSA) is 486 Å². The third kappa shape index (κ3) is 40.3. The Morgan fingerprint density at radius 1 is 0.347 bits per heavy atom. The first kappa shape index (κ1) is 85.6. The quantitative estimate of drug-likeness (QED) is 0.0252. The Labute approximate surface area is 554 Å². The van der Waals surface area contributed by atoms with E-state index in [-0.39, 0.29) is 196 Å². The number of nitrogens with one attached hydrogen (secondary N) is 5. The van der Waals surface area contributed by atoms with Crippen LogP contribution in [0.2, 0.25) is 0 Å². The summed E-state index contributed by atoms with van der Waals surface area (Å²) in [5.41, 5.74) is 0. The predicted octanol–water partition coefficient (Wildman–Crippen LogP) is -6.12. The van der Waals surface area contributed by atoms with E-state index >= 15 is 0 Å². The molecular formula is C60H111N5O30. The number of hydrogen-bond acceptors (Lipinski definition) is 30. The largest absolute Gasteiger partial charge is 0.396 e. The predicted molar refractivity (Wildman–Crippen MR) is 329 cm³/mol. The number of aliphatic hydroxyl groups is 10. The van der Waals surface area contributed by atoms with Crippen LogP contribution in [-0.4, -0.2) is 351 Å². The number of carbonyl (C=O) groups excluding carboxylic acids is 5. The number of carbonyl (C=O) groups is 5. The molecule has 15 N–H and O–H groups in total. The Hall–Kier alpha value is -3.65. The lowest BCUT2D eigenvalue weighted by atomic mass is 10.0. The summed E-state index contributed by atoms with van der Waals surface area (Å²) in [6.45, 7) is 1.79. The molecule has 0 aromatic heterocycles. The summed E-state index contributed by atoms with van der Waals surface area (Å²) in [6, 6.07) is -2.13. The van der Waals surface area contributed by atoms with Crippen molar-refractivity contribution in [3.63, 3.8) is 0 Å². The molecule has 35 nitrogen and oxygen atoms in total. The Kier molecular flexibility index (Phi) is 49.7. The minimum atomic E-state index is -1.21. The zero-order chi connectivity index (χ0) is 69.1. The van der Waals surface area contributed by atoms with E-state index in [2.05, 4.69) is 26.6 Å². The van der Waals surface area contributed by atoms with Gasteiger partial charge in [-0.05, 0) is 51.4 Å². The molecule has 0 aromatic rings. The van der Waals surface area contributed by atoms with Crippen molar-refractivity contribution in [1.82, 2.24) is 26.6 Å². The highest BCUT2D eigenvalue weighted by atomic mass is 16.7. The smallest absolute Gasteiger partial charge is 0.246 e. The van der Waals surface area contributed by atoms with E-state index in [0.29, 0.717) is 45.1 Å². The van der Waals surface area contributed by atoms with Crippen molar-refractivity contribution in [3.05, 3.63) is 0 Å². The Morgan fingerprint density at radius 3 is 1.01 bits per heavy atom. The van der Waals surface area contributed by atoms with Crippen molar-refractivity contribution < 1.29 is 146 Å². The van der Waals surface area contributed by atoms with Crippen LogP contribution in [0.1, 0.15) is 83.5 Å². The molecule has 0 spiro atoms. The van der Waals surface area contributed by atoms with Crippen LogP contribution in [0.25, 0.3) is 0 Å². The number of hydrogen-bond donors (Lipinski definition) is 15. The lowest BCUT2D eigenvalue weighted by Gasteiger charge is -2.35. The van der Waals surface area contributed by atoms with Crippen LogP contribution in [0.15, 0.2) is 0 Å². The highest BCUT2D eigenvalue weighted by molar-refractivity contribution is 5.92. The van der Waals surface area contributed by atoms with Crippen LogP contribution in [0, 0.1) is 0 Å². The molecule has 95 heavy (non-hydrogen) atoms. The maximum atomic E-state index is 14.1. The van der Waals surface area contributed by atoms with Gasteiger partial charge in [0.15, 0.2) is 18.9 Å². The minimum absolute atomic E-state index is 0.0257. The monoisotopic (exact) mass is 1380 g/mol. The second-order valence-electron chi connectivity index (χ2n) is 22.5. The number of ether oxygens (including phenoxy) is 15. The van der Waals surface area contributed by atoms with E-state index in [0.717, 1.165) is 12.8 Å². The number of unbranched alkanes of at least 4 members (excludes halogenated alkanes) is 5. The van der Waals surface area contributed by atoms with E-state index in [4.69, 9.17) is 76.2 Å². The standard InChI is InChI=1S/C60H111N5O30/c66-14-8-2-1-5-13-63-59(79)42(9-3-6-11-61-50(73)39-87-24-21-81-15-18-84-27-30-90-53-33-44(70)56(76)47(36-67)93-53)65-60(80)43(64-52(75)41-89-26-23-83-17-20-86-29-32-92-55-35-46(72)58(78)49(38-69)95-55)10-4-7-12-62-51(74)40-88-25-22-82-16-19-85-28-31-91-54-34-45(71)57(77)48(37-68)94-54/h42-49,53-58,66-72,76-78H,1-41H2,(H,61,73)(H,62,74)(H,63,79)(H,64,75)(H,65,80)/t42?,43-,44+,45+,46+,47+,48+,49+,53+,54+,55+,56+,57+,58+/m0/s1. The Bertz CT molecular complexity index is 1970. The van der Waals surface area contributed by atoms with Crippen LogP contribution < -0.4 is 26.6 Å². The van der Waals surface area contributed by atoms with Crippen LogP contribution in [-0.2, 0) is 95.0 Å². The molecule has 0 radical (unpaired) electrons. The fraction of sp³-hybridized carbons (Fsp3) is 0.917. The van der Waals surface area contributed by atoms with Gasteiger partial charge in [0.05, 0.1) is 157 Å². The van der Waals surface area contributed by atoms with Crippen molar-refractivity contribution in [2.24, 2.45) is 0 Å². The van der Waals surface area contributed by atoms with Gasteiger partial charge in [0.1, 0.15) is 68.5 Å². The lowest BCUT2D eigenvalue weighted by Crippen LogP contribution is -2.54. The van der Waals surface area contributed by atoms with Gasteiger partial charge in [-0.15, -0.1) is 0 Å². The minimum Gasteiger partial charge on any atom is -0.396 e. The molecule has 3 rings (SSSR count). The van der Waals surface area contributed by atoms with Gasteiger partial charge in [-0.2, -0.15) is 0 Å². The summed E-state index contributed by atoms with van der Waals surface area (Å²) in [7, 11) is 0. The normalized spacial score (nSPS) is 24.4. The van der Waals surface area contributed by atoms with Crippen molar-refractivity contribution in [2.75, 3.05) is 185 Å². The summed E-state index contributed by atoms with van der Waals surface area (Å²) in [4.78, 5) is 66.0. The van der Waals surface area contributed by atoms with Gasteiger partial charge in [0.25, 0.3) is 0 Å². The maximum Gasteiger partial charge on any atom is 0.246 e. The van der Waals surface area contributed by atoms with Gasteiger partial charge >= 0.3 is 0 Å². The molecule has 3 saturated heterocycles. The van der Waals surface area contributed by atoms with Crippen LogP contribution >= 0.6 is 0 Å². The Balaban J connectivity index is 1.39. The molecule has 0 saturated carbocycles. The molecule has 35 heteroatoms. The van der Waals surface area contributed by atoms with Crippen molar-refractivity contribution in [2.45, 2.75) is 169 Å². The third-order valence-electron chi connectivity index (χ3n) is 14.8. The van der Waals surface area contributed by atoms with Crippen LogP contribution in [0.4, 0.5) is 0 Å². The molecule has 3 aliphatic heterocycles. The summed E-state index contributed by atoms with van der Waals surface area (Å²) in [6.07, 6.45) is -7.20. The maximum absolute atomic E-state index is 14.1. The lowest BCUT2D eigenvalue weighted by molar-refractivity contribution is -0.259. The third-order valence-corrected chi connectivity index (χ3v) is 14.8. The average molecular weight is 1380 g/mol.